The lowest BCUT2D eigenvalue weighted by Gasteiger charge is -1.68. The summed E-state index contributed by atoms with van der Waals surface area (Å²) in [7, 11) is 0. The third-order valence-electron chi connectivity index (χ3n) is 0.750. The molecule has 7 heavy (non-hydrogen) atoms. The van der Waals surface area contributed by atoms with Gasteiger partial charge in [-0.1, -0.05) is 0 Å². The summed E-state index contributed by atoms with van der Waals surface area (Å²) in [6.45, 7) is -0.681. The van der Waals surface area contributed by atoms with Gasteiger partial charge in [-0.2, -0.15) is 0 Å². The van der Waals surface area contributed by atoms with Crippen LogP contribution in [0.15, 0.2) is 0 Å². The van der Waals surface area contributed by atoms with E-state index in [0.717, 1.165) is 0 Å². The quantitative estimate of drug-likeness (QED) is 0.323. The van der Waals surface area contributed by atoms with Crippen molar-refractivity contribution in [2.24, 2.45) is 5.73 Å². The maximum absolute atomic E-state index is 9.92. The van der Waals surface area contributed by atoms with Crippen LogP contribution < -0.4 is 11.0 Å². The average molecular weight is 97.9 g/mol. The van der Waals surface area contributed by atoms with Crippen molar-refractivity contribution in [2.75, 3.05) is 0 Å². The fraction of sp³-hybridized carbons (Fsp3) is 0. The van der Waals surface area contributed by atoms with E-state index in [2.05, 4.69) is 11.0 Å². The summed E-state index contributed by atoms with van der Waals surface area (Å²) in [5, 5.41) is 2.22. The molecule has 0 saturated carbocycles. The zero-order valence-electron chi connectivity index (χ0n) is 3.47. The standard InChI is InChI=1S/C2H3BN2O2/c4-1(6)3-2(7)5-3/h(H2,4,6)(H,5,7). The minimum absolute atomic E-state index is 0.271. The van der Waals surface area contributed by atoms with Crippen LogP contribution in [0.5, 0.6) is 0 Å². The maximum Gasteiger partial charge on any atom is 0.460 e. The van der Waals surface area contributed by atoms with Crippen LogP contribution in [-0.4, -0.2) is 18.5 Å². The summed E-state index contributed by atoms with van der Waals surface area (Å²) in [5.74, 6) is -0.863. The second kappa shape index (κ2) is 0.990. The van der Waals surface area contributed by atoms with E-state index in [1.165, 1.54) is 0 Å². The van der Waals surface area contributed by atoms with Gasteiger partial charge in [-0.3, -0.25) is 9.59 Å². The number of hydrogen-bond acceptors (Lipinski definition) is 2. The lowest BCUT2D eigenvalue weighted by molar-refractivity contribution is 0.265. The molecular weight excluding hydrogens is 94.8 g/mol. The highest BCUT2D eigenvalue weighted by Crippen LogP contribution is 1.93. The van der Waals surface area contributed by atoms with Gasteiger partial charge in [-0.05, 0) is 0 Å². The van der Waals surface area contributed by atoms with Crippen LogP contribution in [0.3, 0.4) is 0 Å². The first-order chi connectivity index (χ1) is 3.22. The summed E-state index contributed by atoms with van der Waals surface area (Å²) in [6.07, 6.45) is 0. The first kappa shape index (κ1) is 4.17. The Bertz CT molecular complexity index is 134. The van der Waals surface area contributed by atoms with Crippen molar-refractivity contribution in [1.82, 2.24) is 5.23 Å². The number of carbonyl (C=O) groups excluding carboxylic acids is 2. The first-order valence-corrected chi connectivity index (χ1v) is 1.81. The number of nitrogens with one attached hydrogen (secondary N) is 1. The molecule has 0 radical (unpaired) electrons. The largest absolute Gasteiger partial charge is 0.460 e. The minimum atomic E-state index is -0.681. The van der Waals surface area contributed by atoms with E-state index in [-0.39, 0.29) is 5.81 Å². The van der Waals surface area contributed by atoms with Gasteiger partial charge in [0, 0.05) is 0 Å². The van der Waals surface area contributed by atoms with Gasteiger partial charge >= 0.3 is 6.85 Å². The highest BCUT2D eigenvalue weighted by molar-refractivity contribution is 7.21. The Morgan fingerprint density at radius 1 is 1.86 bits per heavy atom. The smallest absolute Gasteiger partial charge is 0.389 e. The fourth-order valence-electron chi connectivity index (χ4n) is 0.301. The lowest BCUT2D eigenvalue weighted by Crippen LogP contribution is -2.22. The molecule has 1 fully saturated rings. The molecule has 0 bridgehead atoms. The number of amides is 2. The van der Waals surface area contributed by atoms with E-state index in [1.807, 2.05) is 0 Å². The number of rotatable bonds is 1. The molecule has 0 unspecified atom stereocenters. The van der Waals surface area contributed by atoms with Crippen molar-refractivity contribution in [1.29, 1.82) is 0 Å². The van der Waals surface area contributed by atoms with Crippen LogP contribution in [0.4, 0.5) is 9.59 Å². The molecule has 0 aromatic heterocycles. The van der Waals surface area contributed by atoms with E-state index in [1.54, 1.807) is 0 Å². The third kappa shape index (κ3) is 0.557. The second-order valence-corrected chi connectivity index (χ2v) is 1.34. The SMILES string of the molecule is NC(=O)B1NC1=O. The highest BCUT2D eigenvalue weighted by Gasteiger charge is 2.46. The van der Waals surface area contributed by atoms with E-state index in [9.17, 15) is 9.59 Å². The molecule has 2 amide bonds. The summed E-state index contributed by atoms with van der Waals surface area (Å²) in [6, 6.07) is 0. The Morgan fingerprint density at radius 2 is 2.29 bits per heavy atom. The van der Waals surface area contributed by atoms with Crippen molar-refractivity contribution < 1.29 is 9.59 Å². The third-order valence-corrected chi connectivity index (χ3v) is 0.750. The molecule has 1 aliphatic heterocycles. The minimum Gasteiger partial charge on any atom is -0.389 e. The van der Waals surface area contributed by atoms with Crippen molar-refractivity contribution in [3.05, 3.63) is 0 Å². The van der Waals surface area contributed by atoms with Gasteiger partial charge in [0.25, 0.3) is 0 Å². The van der Waals surface area contributed by atoms with Crippen LogP contribution >= 0.6 is 0 Å². The zero-order valence-corrected chi connectivity index (χ0v) is 3.47. The molecule has 0 spiro atoms. The van der Waals surface area contributed by atoms with Gasteiger partial charge in [-0.15, -0.1) is 0 Å². The Kier molecular flexibility index (Phi) is 0.590. The Hall–Kier alpha value is -0.995. The Labute approximate surface area is 40.2 Å². The number of primary amides is 1. The van der Waals surface area contributed by atoms with Crippen LogP contribution in [-0.2, 0) is 0 Å². The van der Waals surface area contributed by atoms with Crippen molar-refractivity contribution in [2.45, 2.75) is 0 Å². The maximum atomic E-state index is 9.92. The van der Waals surface area contributed by atoms with Crippen LogP contribution in [0.1, 0.15) is 0 Å². The van der Waals surface area contributed by atoms with Gasteiger partial charge < -0.3 is 11.0 Å². The van der Waals surface area contributed by atoms with Gasteiger partial charge in [0.15, 0.2) is 0 Å². The predicted molar refractivity (Wildman–Crippen MR) is 23.9 cm³/mol. The fourth-order valence-corrected chi connectivity index (χ4v) is 0.301. The molecule has 1 heterocycles. The molecule has 0 aliphatic carbocycles. The predicted octanol–water partition coefficient (Wildman–Crippen LogP) is -1.06. The average Bonchev–Trinajstić information content (AvgIpc) is 2.17. The molecule has 1 saturated heterocycles. The van der Waals surface area contributed by atoms with E-state index >= 15 is 0 Å². The van der Waals surface area contributed by atoms with Gasteiger partial charge in [0.2, 0.25) is 11.6 Å². The van der Waals surface area contributed by atoms with Crippen molar-refractivity contribution >= 4 is 18.5 Å². The molecule has 4 nitrogen and oxygen atoms in total. The monoisotopic (exact) mass is 98.0 g/mol. The van der Waals surface area contributed by atoms with E-state index in [0.29, 0.717) is 0 Å². The Balaban J connectivity index is 2.48. The second-order valence-electron chi connectivity index (χ2n) is 1.34. The number of carbonyl (C=O) groups is 2. The molecule has 1 rings (SSSR count). The first-order valence-electron chi connectivity index (χ1n) is 1.81. The summed E-state index contributed by atoms with van der Waals surface area (Å²) < 4.78 is 0. The van der Waals surface area contributed by atoms with E-state index < -0.39 is 12.7 Å². The Morgan fingerprint density at radius 3 is 2.29 bits per heavy atom. The molecule has 36 valence electrons. The number of nitrogens with two attached hydrogens (primary N) is 1. The van der Waals surface area contributed by atoms with Crippen molar-refractivity contribution in [3.8, 4) is 0 Å². The molecular formula is C2H3BN2O2. The van der Waals surface area contributed by atoms with Crippen LogP contribution in [0.25, 0.3) is 0 Å². The van der Waals surface area contributed by atoms with Crippen LogP contribution in [0.2, 0.25) is 0 Å². The summed E-state index contributed by atoms with van der Waals surface area (Å²) >= 11 is 0. The van der Waals surface area contributed by atoms with Crippen molar-refractivity contribution in [3.63, 3.8) is 0 Å². The van der Waals surface area contributed by atoms with Gasteiger partial charge in [0.1, 0.15) is 0 Å². The van der Waals surface area contributed by atoms with Gasteiger partial charge in [-0.25, -0.2) is 0 Å². The normalized spacial score (nSPS) is 16.0. The number of hydrogen-bond donors (Lipinski definition) is 2. The summed E-state index contributed by atoms with van der Waals surface area (Å²) in [5.41, 5.74) is 4.67. The molecule has 0 aromatic rings. The lowest BCUT2D eigenvalue weighted by atomic mass is 9.76. The molecule has 1 aliphatic rings. The molecule has 0 atom stereocenters. The molecule has 5 heteroatoms. The summed E-state index contributed by atoms with van der Waals surface area (Å²) in [4.78, 5) is 19.8. The topological polar surface area (TPSA) is 82.1 Å². The van der Waals surface area contributed by atoms with Crippen LogP contribution in [0, 0.1) is 0 Å². The molecule has 0 aromatic carbocycles. The van der Waals surface area contributed by atoms with Gasteiger partial charge in [0.05, 0.1) is 0 Å². The highest BCUT2D eigenvalue weighted by atomic mass is 16.2. The van der Waals surface area contributed by atoms with E-state index in [4.69, 9.17) is 0 Å². The molecule has 3 N–H and O–H groups in total. The zero-order chi connectivity index (χ0) is 5.44.